The minimum absolute atomic E-state index is 0.128. The molecule has 0 radical (unpaired) electrons. The van der Waals surface area contributed by atoms with E-state index in [-0.39, 0.29) is 11.5 Å². The van der Waals surface area contributed by atoms with E-state index in [1.54, 1.807) is 27.7 Å². The third-order valence-electron chi connectivity index (χ3n) is 5.72. The molecule has 4 aromatic rings. The highest BCUT2D eigenvalue weighted by Crippen LogP contribution is 2.26. The van der Waals surface area contributed by atoms with Crippen molar-refractivity contribution < 1.29 is 9.53 Å². The fraction of sp³-hybridized carbons (Fsp3) is 0.222. The van der Waals surface area contributed by atoms with Gasteiger partial charge in [0.25, 0.3) is 11.5 Å². The predicted molar refractivity (Wildman–Crippen MR) is 138 cm³/mol. The van der Waals surface area contributed by atoms with Gasteiger partial charge in [-0.15, -0.1) is 0 Å². The number of amides is 1. The molecule has 1 unspecified atom stereocenters. The second-order valence-corrected chi connectivity index (χ2v) is 8.75. The normalized spacial score (nSPS) is 11.9. The first-order valence-corrected chi connectivity index (χ1v) is 12.0. The molecule has 0 aliphatic rings. The Labute approximate surface area is 206 Å². The van der Waals surface area contributed by atoms with Gasteiger partial charge in [0.1, 0.15) is 11.6 Å². The zero-order chi connectivity index (χ0) is 24.2. The Bertz CT molecular complexity index is 1380. The quantitative estimate of drug-likeness (QED) is 0.311. The number of rotatable bonds is 7. The molecule has 1 amide bonds. The topological polar surface area (TPSA) is 64.4 Å². The predicted octanol–water partition coefficient (Wildman–Crippen LogP) is 5.77. The van der Waals surface area contributed by atoms with E-state index in [1.165, 1.54) is 0 Å². The standard InChI is InChI=1S/C27H26BrN3O3/c1-4-30(26(32)19-9-8-10-20(28)17-19)18(3)25-29-24-12-7-6-11-23(24)27(33)31(25)21-13-15-22(16-14-21)34-5-2/h6-18H,4-5H2,1-3H3. The molecule has 7 heteroatoms. The molecule has 1 atom stereocenters. The van der Waals surface area contributed by atoms with E-state index in [1.807, 2.05) is 75.4 Å². The molecule has 0 saturated heterocycles. The van der Waals surface area contributed by atoms with Gasteiger partial charge in [-0.1, -0.05) is 34.1 Å². The molecule has 0 saturated carbocycles. The molecule has 0 spiro atoms. The third kappa shape index (κ3) is 4.61. The number of halogens is 1. The molecule has 4 rings (SSSR count). The van der Waals surface area contributed by atoms with Gasteiger partial charge in [-0.2, -0.15) is 0 Å². The first-order chi connectivity index (χ1) is 16.4. The van der Waals surface area contributed by atoms with Gasteiger partial charge in [-0.25, -0.2) is 4.98 Å². The summed E-state index contributed by atoms with van der Waals surface area (Å²) < 4.78 is 7.99. The van der Waals surface area contributed by atoms with Crippen LogP contribution in [0, 0.1) is 0 Å². The van der Waals surface area contributed by atoms with Crippen molar-refractivity contribution in [1.29, 1.82) is 0 Å². The zero-order valence-electron chi connectivity index (χ0n) is 19.4. The van der Waals surface area contributed by atoms with Gasteiger partial charge >= 0.3 is 0 Å². The van der Waals surface area contributed by atoms with Crippen molar-refractivity contribution in [2.45, 2.75) is 26.8 Å². The van der Waals surface area contributed by atoms with Crippen LogP contribution in [-0.4, -0.2) is 33.5 Å². The molecule has 6 nitrogen and oxygen atoms in total. The minimum Gasteiger partial charge on any atom is -0.494 e. The number of hydrogen-bond donors (Lipinski definition) is 0. The van der Waals surface area contributed by atoms with Gasteiger partial charge in [0.05, 0.1) is 29.2 Å². The Kier molecular flexibility index (Phi) is 7.12. The lowest BCUT2D eigenvalue weighted by Crippen LogP contribution is -2.37. The van der Waals surface area contributed by atoms with Crippen LogP contribution in [0.25, 0.3) is 16.6 Å². The fourth-order valence-corrected chi connectivity index (χ4v) is 4.46. The van der Waals surface area contributed by atoms with Crippen LogP contribution in [0.1, 0.15) is 43.0 Å². The van der Waals surface area contributed by atoms with Crippen molar-refractivity contribution in [2.24, 2.45) is 0 Å². The molecule has 0 bridgehead atoms. The van der Waals surface area contributed by atoms with Crippen LogP contribution in [0.3, 0.4) is 0 Å². The Morgan fingerprint density at radius 3 is 2.47 bits per heavy atom. The monoisotopic (exact) mass is 519 g/mol. The SMILES string of the molecule is CCOc1ccc(-n2c(C(C)N(CC)C(=O)c3cccc(Br)c3)nc3ccccc3c2=O)cc1. The summed E-state index contributed by atoms with van der Waals surface area (Å²) >= 11 is 3.44. The second kappa shape index (κ2) is 10.2. The zero-order valence-corrected chi connectivity index (χ0v) is 21.0. The first kappa shape index (κ1) is 23.7. The summed E-state index contributed by atoms with van der Waals surface area (Å²) in [5.41, 5.74) is 1.66. The molecule has 0 N–H and O–H groups in total. The number of aromatic nitrogens is 2. The number of ether oxygens (including phenoxy) is 1. The van der Waals surface area contributed by atoms with Gasteiger partial charge in [-0.05, 0) is 75.4 Å². The minimum atomic E-state index is -0.458. The molecular weight excluding hydrogens is 494 g/mol. The van der Waals surface area contributed by atoms with E-state index in [0.717, 1.165) is 10.2 Å². The molecular formula is C27H26BrN3O3. The number of carbonyl (C=O) groups excluding carboxylic acids is 1. The highest BCUT2D eigenvalue weighted by atomic mass is 79.9. The van der Waals surface area contributed by atoms with E-state index in [9.17, 15) is 9.59 Å². The average Bonchev–Trinajstić information content (AvgIpc) is 2.85. The average molecular weight is 520 g/mol. The van der Waals surface area contributed by atoms with Gasteiger partial charge in [-0.3, -0.25) is 14.2 Å². The maximum Gasteiger partial charge on any atom is 0.266 e. The smallest absolute Gasteiger partial charge is 0.266 e. The van der Waals surface area contributed by atoms with Crippen molar-refractivity contribution in [1.82, 2.24) is 14.5 Å². The summed E-state index contributed by atoms with van der Waals surface area (Å²) in [5.74, 6) is 1.10. The summed E-state index contributed by atoms with van der Waals surface area (Å²) in [6.45, 7) is 6.77. The Hall–Kier alpha value is -3.45. The Morgan fingerprint density at radius 2 is 1.79 bits per heavy atom. The summed E-state index contributed by atoms with van der Waals surface area (Å²) in [7, 11) is 0. The van der Waals surface area contributed by atoms with Crippen molar-refractivity contribution >= 4 is 32.7 Å². The number of nitrogens with zero attached hydrogens (tertiary/aromatic N) is 3. The third-order valence-corrected chi connectivity index (χ3v) is 6.22. The molecule has 0 aliphatic carbocycles. The summed E-state index contributed by atoms with van der Waals surface area (Å²) in [6.07, 6.45) is 0. The molecule has 1 heterocycles. The molecule has 34 heavy (non-hydrogen) atoms. The molecule has 1 aromatic heterocycles. The lowest BCUT2D eigenvalue weighted by Gasteiger charge is -2.29. The summed E-state index contributed by atoms with van der Waals surface area (Å²) in [5, 5.41) is 0.522. The van der Waals surface area contributed by atoms with Crippen molar-refractivity contribution in [2.75, 3.05) is 13.2 Å². The number of hydrogen-bond acceptors (Lipinski definition) is 4. The summed E-state index contributed by atoms with van der Waals surface area (Å²) in [6, 6.07) is 21.5. The molecule has 0 aliphatic heterocycles. The van der Waals surface area contributed by atoms with Crippen molar-refractivity contribution in [3.05, 3.63) is 99.0 Å². The van der Waals surface area contributed by atoms with Crippen LogP contribution < -0.4 is 10.3 Å². The maximum atomic E-state index is 13.6. The largest absolute Gasteiger partial charge is 0.494 e. The summed E-state index contributed by atoms with van der Waals surface area (Å²) in [4.78, 5) is 33.7. The number of benzene rings is 3. The molecule has 174 valence electrons. The maximum absolute atomic E-state index is 13.6. The van der Waals surface area contributed by atoms with E-state index in [4.69, 9.17) is 9.72 Å². The number of fused-ring (bicyclic) bond motifs is 1. The van der Waals surface area contributed by atoms with E-state index in [0.29, 0.717) is 41.1 Å². The first-order valence-electron chi connectivity index (χ1n) is 11.3. The lowest BCUT2D eigenvalue weighted by atomic mass is 10.1. The van der Waals surface area contributed by atoms with E-state index >= 15 is 0 Å². The van der Waals surface area contributed by atoms with Crippen LogP contribution in [0.15, 0.2) is 82.1 Å². The van der Waals surface area contributed by atoms with Gasteiger partial charge in [0, 0.05) is 16.6 Å². The van der Waals surface area contributed by atoms with Gasteiger partial charge < -0.3 is 9.64 Å². The Morgan fingerprint density at radius 1 is 1.06 bits per heavy atom. The highest BCUT2D eigenvalue weighted by Gasteiger charge is 2.26. The number of carbonyl (C=O) groups is 1. The van der Waals surface area contributed by atoms with Gasteiger partial charge in [0.15, 0.2) is 0 Å². The second-order valence-electron chi connectivity index (χ2n) is 7.83. The molecule has 3 aromatic carbocycles. The van der Waals surface area contributed by atoms with E-state index in [2.05, 4.69) is 15.9 Å². The van der Waals surface area contributed by atoms with Crippen LogP contribution >= 0.6 is 15.9 Å². The van der Waals surface area contributed by atoms with Crippen LogP contribution in [0.4, 0.5) is 0 Å². The fourth-order valence-electron chi connectivity index (χ4n) is 4.06. The van der Waals surface area contributed by atoms with E-state index < -0.39 is 6.04 Å². The van der Waals surface area contributed by atoms with Gasteiger partial charge in [0.2, 0.25) is 0 Å². The molecule has 0 fully saturated rings. The Balaban J connectivity index is 1.86. The van der Waals surface area contributed by atoms with Crippen molar-refractivity contribution in [3.63, 3.8) is 0 Å². The number of para-hydroxylation sites is 1. The van der Waals surface area contributed by atoms with Crippen molar-refractivity contribution in [3.8, 4) is 11.4 Å². The lowest BCUT2D eigenvalue weighted by molar-refractivity contribution is 0.0693. The van der Waals surface area contributed by atoms with Crippen LogP contribution in [0.5, 0.6) is 5.75 Å². The van der Waals surface area contributed by atoms with Crippen LogP contribution in [-0.2, 0) is 0 Å². The van der Waals surface area contributed by atoms with Crippen LogP contribution in [0.2, 0.25) is 0 Å². The highest BCUT2D eigenvalue weighted by molar-refractivity contribution is 9.10.